The molecule has 178 valence electrons. The predicted molar refractivity (Wildman–Crippen MR) is 130 cm³/mol. The van der Waals surface area contributed by atoms with E-state index in [1.807, 2.05) is 24.3 Å². The molecule has 4 saturated carbocycles. The van der Waals surface area contributed by atoms with Crippen molar-refractivity contribution in [3.63, 3.8) is 0 Å². The lowest BCUT2D eigenvalue weighted by molar-refractivity contribution is -0.384. The molecule has 8 heteroatoms. The van der Waals surface area contributed by atoms with Crippen LogP contribution in [0.15, 0.2) is 48.5 Å². The Labute approximate surface area is 198 Å². The van der Waals surface area contributed by atoms with E-state index in [1.54, 1.807) is 6.92 Å². The number of non-ortho nitro benzene ring substituents is 1. The zero-order chi connectivity index (χ0) is 23.9. The number of rotatable bonds is 7. The molecule has 0 spiro atoms. The lowest BCUT2D eigenvalue weighted by Gasteiger charge is -2.57. The second-order valence-corrected chi connectivity index (χ2v) is 10.4. The first kappa shape index (κ1) is 22.4. The molecule has 4 fully saturated rings. The van der Waals surface area contributed by atoms with Crippen LogP contribution in [0.25, 0.3) is 0 Å². The molecule has 0 unspecified atom stereocenters. The lowest BCUT2D eigenvalue weighted by Crippen LogP contribution is -2.54. The van der Waals surface area contributed by atoms with Gasteiger partial charge in [0.05, 0.1) is 16.3 Å². The van der Waals surface area contributed by atoms with Gasteiger partial charge in [-0.05, 0) is 81.4 Å². The van der Waals surface area contributed by atoms with Crippen LogP contribution < -0.4 is 16.0 Å². The number of anilines is 2. The Balaban J connectivity index is 1.25. The monoisotopic (exact) mass is 462 g/mol. The average Bonchev–Trinajstić information content (AvgIpc) is 2.79. The van der Waals surface area contributed by atoms with E-state index in [9.17, 15) is 19.7 Å². The number of hydrogen-bond acceptors (Lipinski definition) is 5. The number of benzene rings is 2. The van der Waals surface area contributed by atoms with Gasteiger partial charge in [-0.2, -0.15) is 0 Å². The lowest BCUT2D eigenvalue weighted by atomic mass is 9.53. The Hall–Kier alpha value is -3.42. The molecule has 0 radical (unpaired) electrons. The summed E-state index contributed by atoms with van der Waals surface area (Å²) in [5.41, 5.74) is 1.68. The first-order chi connectivity index (χ1) is 16.3. The van der Waals surface area contributed by atoms with Crippen molar-refractivity contribution in [3.05, 3.63) is 64.2 Å². The quantitative estimate of drug-likeness (QED) is 0.407. The fraction of sp³-hybridized carbons (Fsp3) is 0.462. The topological polar surface area (TPSA) is 113 Å². The fourth-order valence-electron chi connectivity index (χ4n) is 6.60. The van der Waals surface area contributed by atoms with Crippen LogP contribution in [0.1, 0.15) is 55.8 Å². The number of amides is 2. The van der Waals surface area contributed by atoms with Crippen molar-refractivity contribution in [2.75, 3.05) is 10.6 Å². The molecule has 0 aliphatic heterocycles. The number of carbonyl (C=O) groups excluding carboxylic acids is 2. The minimum atomic E-state index is -0.820. The van der Waals surface area contributed by atoms with Crippen LogP contribution in [0.4, 0.5) is 17.1 Å². The van der Waals surface area contributed by atoms with Gasteiger partial charge >= 0.3 is 0 Å². The minimum absolute atomic E-state index is 0.109. The SMILES string of the molecule is C[C@@H](NC(=O)c1cccc([N+](=O)[O-])c1)C(=O)Nc1ccccc1NC12CC3CC(CC(C3)C1)C2. The highest BCUT2D eigenvalue weighted by atomic mass is 16.6. The van der Waals surface area contributed by atoms with Gasteiger partial charge in [0.25, 0.3) is 11.6 Å². The molecule has 34 heavy (non-hydrogen) atoms. The van der Waals surface area contributed by atoms with E-state index in [4.69, 9.17) is 0 Å². The summed E-state index contributed by atoms with van der Waals surface area (Å²) >= 11 is 0. The van der Waals surface area contributed by atoms with Crippen molar-refractivity contribution >= 4 is 28.9 Å². The van der Waals surface area contributed by atoms with Crippen LogP contribution in [-0.2, 0) is 4.79 Å². The van der Waals surface area contributed by atoms with Crippen molar-refractivity contribution in [3.8, 4) is 0 Å². The van der Waals surface area contributed by atoms with Crippen LogP contribution >= 0.6 is 0 Å². The first-order valence-corrected chi connectivity index (χ1v) is 12.0. The zero-order valence-electron chi connectivity index (χ0n) is 19.3. The van der Waals surface area contributed by atoms with Crippen LogP contribution in [0.2, 0.25) is 0 Å². The van der Waals surface area contributed by atoms with E-state index in [0.717, 1.165) is 23.4 Å². The number of para-hydroxylation sites is 2. The summed E-state index contributed by atoms with van der Waals surface area (Å²) in [6.07, 6.45) is 7.66. The maximum absolute atomic E-state index is 12.9. The molecule has 1 atom stereocenters. The molecule has 8 nitrogen and oxygen atoms in total. The summed E-state index contributed by atoms with van der Waals surface area (Å²) in [5, 5.41) is 20.4. The van der Waals surface area contributed by atoms with Gasteiger partial charge in [0.15, 0.2) is 0 Å². The molecule has 4 aliphatic carbocycles. The van der Waals surface area contributed by atoms with E-state index in [2.05, 4.69) is 16.0 Å². The van der Waals surface area contributed by atoms with Crippen molar-refractivity contribution in [1.29, 1.82) is 0 Å². The predicted octanol–water partition coefficient (Wildman–Crippen LogP) is 4.73. The van der Waals surface area contributed by atoms with Gasteiger partial charge in [0.2, 0.25) is 5.91 Å². The Morgan fingerprint density at radius 2 is 1.59 bits per heavy atom. The van der Waals surface area contributed by atoms with Gasteiger partial charge in [-0.3, -0.25) is 19.7 Å². The highest BCUT2D eigenvalue weighted by Crippen LogP contribution is 2.56. The number of nitrogens with zero attached hydrogens (tertiary/aromatic N) is 1. The molecule has 0 aromatic heterocycles. The highest BCUT2D eigenvalue weighted by Gasteiger charge is 2.51. The largest absolute Gasteiger partial charge is 0.378 e. The average molecular weight is 463 g/mol. The van der Waals surface area contributed by atoms with Crippen LogP contribution in [0.3, 0.4) is 0 Å². The summed E-state index contributed by atoms with van der Waals surface area (Å²) in [4.78, 5) is 35.9. The van der Waals surface area contributed by atoms with E-state index >= 15 is 0 Å². The van der Waals surface area contributed by atoms with Crippen molar-refractivity contribution < 1.29 is 14.5 Å². The maximum Gasteiger partial charge on any atom is 0.270 e. The third-order valence-corrected chi connectivity index (χ3v) is 7.68. The molecule has 2 aromatic rings. The molecule has 2 aromatic carbocycles. The number of hydrogen-bond donors (Lipinski definition) is 3. The van der Waals surface area contributed by atoms with Gasteiger partial charge in [-0.15, -0.1) is 0 Å². The van der Waals surface area contributed by atoms with Crippen molar-refractivity contribution in [2.45, 2.75) is 57.0 Å². The van der Waals surface area contributed by atoms with Crippen LogP contribution in [0.5, 0.6) is 0 Å². The van der Waals surface area contributed by atoms with Crippen molar-refractivity contribution in [1.82, 2.24) is 5.32 Å². The first-order valence-electron chi connectivity index (χ1n) is 12.0. The second kappa shape index (κ2) is 8.74. The molecule has 0 heterocycles. The van der Waals surface area contributed by atoms with E-state index < -0.39 is 16.9 Å². The van der Waals surface area contributed by atoms with Gasteiger partial charge in [-0.25, -0.2) is 0 Å². The molecular formula is C26H30N4O4. The van der Waals surface area contributed by atoms with Gasteiger partial charge in [0, 0.05) is 23.2 Å². The standard InChI is InChI=1S/C26H30N4O4/c1-16(27-25(32)20-5-4-6-21(12-20)30(33)34)24(31)28-22-7-2-3-8-23(22)29-26-13-17-9-18(14-26)11-19(10-17)15-26/h2-8,12,16-19,29H,9-11,13-15H2,1H3,(H,27,32)(H,28,31)/t16-,17?,18?,19?,26?/m1/s1. The van der Waals surface area contributed by atoms with Gasteiger partial charge in [-0.1, -0.05) is 18.2 Å². The molecule has 2 amide bonds. The molecule has 0 saturated heterocycles. The Bertz CT molecular complexity index is 1100. The number of nitro benzene ring substituents is 1. The van der Waals surface area contributed by atoms with E-state index in [1.165, 1.54) is 62.8 Å². The summed E-state index contributed by atoms with van der Waals surface area (Å²) in [6.45, 7) is 1.60. The Morgan fingerprint density at radius 1 is 0.971 bits per heavy atom. The Kier molecular flexibility index (Phi) is 5.75. The highest BCUT2D eigenvalue weighted by molar-refractivity contribution is 6.02. The second-order valence-electron chi connectivity index (χ2n) is 10.4. The molecule has 4 bridgehead atoms. The number of nitrogens with one attached hydrogen (secondary N) is 3. The molecule has 3 N–H and O–H groups in total. The normalized spacial score (nSPS) is 27.6. The third-order valence-electron chi connectivity index (χ3n) is 7.68. The van der Waals surface area contributed by atoms with E-state index in [-0.39, 0.29) is 22.7 Å². The summed E-state index contributed by atoms with van der Waals surface area (Å²) in [6, 6.07) is 12.3. The summed E-state index contributed by atoms with van der Waals surface area (Å²) in [7, 11) is 0. The minimum Gasteiger partial charge on any atom is -0.378 e. The van der Waals surface area contributed by atoms with Crippen molar-refractivity contribution in [2.24, 2.45) is 17.8 Å². The van der Waals surface area contributed by atoms with Gasteiger partial charge in [0.1, 0.15) is 6.04 Å². The summed E-state index contributed by atoms with van der Waals surface area (Å²) in [5.74, 6) is 1.54. The molecular weight excluding hydrogens is 432 g/mol. The third kappa shape index (κ3) is 4.49. The molecule has 4 aliphatic rings. The smallest absolute Gasteiger partial charge is 0.270 e. The maximum atomic E-state index is 12.9. The van der Waals surface area contributed by atoms with E-state index in [0.29, 0.717) is 5.69 Å². The number of nitro groups is 1. The number of carbonyl (C=O) groups is 2. The fourth-order valence-corrected chi connectivity index (χ4v) is 6.60. The Morgan fingerprint density at radius 3 is 2.21 bits per heavy atom. The molecule has 6 rings (SSSR count). The summed E-state index contributed by atoms with van der Waals surface area (Å²) < 4.78 is 0. The van der Waals surface area contributed by atoms with Crippen LogP contribution in [-0.4, -0.2) is 28.3 Å². The zero-order valence-corrected chi connectivity index (χ0v) is 19.3. The van der Waals surface area contributed by atoms with Crippen LogP contribution in [0, 0.1) is 27.9 Å². The van der Waals surface area contributed by atoms with Gasteiger partial charge < -0.3 is 16.0 Å².